The molecule has 1 aromatic rings. The summed E-state index contributed by atoms with van der Waals surface area (Å²) in [5.41, 5.74) is 0.812. The molecule has 0 aromatic heterocycles. The molecule has 1 saturated heterocycles. The molecule has 1 saturated carbocycles. The third-order valence-electron chi connectivity index (χ3n) is 5.93. The second kappa shape index (κ2) is 9.20. The third kappa shape index (κ3) is 4.66. The Kier molecular flexibility index (Phi) is 6.67. The Morgan fingerprint density at radius 3 is 2.34 bits per heavy atom. The van der Waals surface area contributed by atoms with E-state index in [-0.39, 0.29) is 54.5 Å². The topological polar surface area (TPSA) is 95.6 Å². The number of anilines is 1. The molecule has 4 amide bonds. The molecule has 2 fully saturated rings. The standard InChI is InChI=1S/C22H29N3O4/c1-3-14(2)23-20(27)17-10-6-7-11-18(17)24-19(26)12-13-25-21(28)15-8-4-5-9-16(15)22(25)29/h6-7,10-11,14-16H,3-5,8-9,12-13H2,1-2H3,(H,23,27)(H,24,26)/t14-,15-,16+/m0/s1. The lowest BCUT2D eigenvalue weighted by Gasteiger charge is -2.19. The maximum Gasteiger partial charge on any atom is 0.253 e. The summed E-state index contributed by atoms with van der Waals surface area (Å²) in [7, 11) is 0. The van der Waals surface area contributed by atoms with Gasteiger partial charge < -0.3 is 10.6 Å². The summed E-state index contributed by atoms with van der Waals surface area (Å²) in [4.78, 5) is 51.2. The van der Waals surface area contributed by atoms with Crippen molar-refractivity contribution in [2.75, 3.05) is 11.9 Å². The van der Waals surface area contributed by atoms with Gasteiger partial charge in [0.25, 0.3) is 5.91 Å². The predicted molar refractivity (Wildman–Crippen MR) is 109 cm³/mol. The van der Waals surface area contributed by atoms with Gasteiger partial charge in [0.2, 0.25) is 17.7 Å². The highest BCUT2D eigenvalue weighted by atomic mass is 16.2. The minimum atomic E-state index is -0.329. The Hall–Kier alpha value is -2.70. The molecular formula is C22H29N3O4. The van der Waals surface area contributed by atoms with Gasteiger partial charge in [0.15, 0.2) is 0 Å². The Morgan fingerprint density at radius 2 is 1.72 bits per heavy atom. The highest BCUT2D eigenvalue weighted by Gasteiger charge is 2.47. The van der Waals surface area contributed by atoms with Crippen LogP contribution in [0.2, 0.25) is 0 Å². The van der Waals surface area contributed by atoms with Crippen LogP contribution in [0.5, 0.6) is 0 Å². The summed E-state index contributed by atoms with van der Waals surface area (Å²) < 4.78 is 0. The molecule has 1 aromatic carbocycles. The van der Waals surface area contributed by atoms with E-state index in [0.717, 1.165) is 32.1 Å². The normalized spacial score (nSPS) is 22.2. The van der Waals surface area contributed by atoms with Crippen molar-refractivity contribution in [3.63, 3.8) is 0 Å². The van der Waals surface area contributed by atoms with Crippen molar-refractivity contribution in [1.82, 2.24) is 10.2 Å². The highest BCUT2D eigenvalue weighted by Crippen LogP contribution is 2.38. The lowest BCUT2D eigenvalue weighted by molar-refractivity contribution is -0.140. The Balaban J connectivity index is 1.60. The molecule has 1 aliphatic heterocycles. The van der Waals surface area contributed by atoms with E-state index >= 15 is 0 Å². The molecule has 7 heteroatoms. The van der Waals surface area contributed by atoms with Crippen molar-refractivity contribution in [3.8, 4) is 0 Å². The first-order valence-corrected chi connectivity index (χ1v) is 10.5. The number of carbonyl (C=O) groups excluding carboxylic acids is 4. The number of para-hydroxylation sites is 1. The molecule has 29 heavy (non-hydrogen) atoms. The van der Waals surface area contributed by atoms with Crippen LogP contribution in [0.3, 0.4) is 0 Å². The van der Waals surface area contributed by atoms with E-state index in [1.54, 1.807) is 24.3 Å². The first-order valence-electron chi connectivity index (χ1n) is 10.5. The number of carbonyl (C=O) groups is 4. The van der Waals surface area contributed by atoms with E-state index in [1.165, 1.54) is 4.90 Å². The Labute approximate surface area is 171 Å². The molecule has 0 bridgehead atoms. The molecule has 156 valence electrons. The zero-order chi connectivity index (χ0) is 21.0. The molecule has 0 radical (unpaired) electrons. The lowest BCUT2D eigenvalue weighted by atomic mass is 9.81. The van der Waals surface area contributed by atoms with Crippen molar-refractivity contribution >= 4 is 29.3 Å². The zero-order valence-electron chi connectivity index (χ0n) is 17.1. The number of benzene rings is 1. The number of rotatable bonds is 7. The molecule has 2 N–H and O–H groups in total. The molecule has 2 aliphatic rings. The molecular weight excluding hydrogens is 370 g/mol. The van der Waals surface area contributed by atoms with E-state index in [4.69, 9.17) is 0 Å². The molecule has 0 unspecified atom stereocenters. The van der Waals surface area contributed by atoms with Crippen LogP contribution in [-0.4, -0.2) is 41.1 Å². The van der Waals surface area contributed by atoms with E-state index < -0.39 is 0 Å². The van der Waals surface area contributed by atoms with Crippen LogP contribution >= 0.6 is 0 Å². The fourth-order valence-corrected chi connectivity index (χ4v) is 4.07. The molecule has 3 atom stereocenters. The van der Waals surface area contributed by atoms with Gasteiger partial charge in [-0.3, -0.25) is 24.1 Å². The van der Waals surface area contributed by atoms with E-state index in [0.29, 0.717) is 11.3 Å². The number of fused-ring (bicyclic) bond motifs is 1. The fraction of sp³-hybridized carbons (Fsp3) is 0.545. The first kappa shape index (κ1) is 21.0. The number of amides is 4. The van der Waals surface area contributed by atoms with Crippen LogP contribution in [0.1, 0.15) is 62.7 Å². The molecule has 0 spiro atoms. The van der Waals surface area contributed by atoms with Crippen LogP contribution < -0.4 is 10.6 Å². The van der Waals surface area contributed by atoms with E-state index in [2.05, 4.69) is 10.6 Å². The minimum Gasteiger partial charge on any atom is -0.350 e. The van der Waals surface area contributed by atoms with Gasteiger partial charge >= 0.3 is 0 Å². The summed E-state index contributed by atoms with van der Waals surface area (Å²) in [6.45, 7) is 3.98. The molecule has 1 heterocycles. The number of hydrogen-bond donors (Lipinski definition) is 2. The largest absolute Gasteiger partial charge is 0.350 e. The summed E-state index contributed by atoms with van der Waals surface area (Å²) in [6, 6.07) is 6.84. The minimum absolute atomic E-state index is 0.0121. The van der Waals surface area contributed by atoms with Crippen LogP contribution in [0.4, 0.5) is 5.69 Å². The summed E-state index contributed by atoms with van der Waals surface area (Å²) in [5.74, 6) is -1.26. The number of hydrogen-bond acceptors (Lipinski definition) is 4. The second-order valence-electron chi connectivity index (χ2n) is 7.95. The monoisotopic (exact) mass is 399 g/mol. The number of nitrogens with one attached hydrogen (secondary N) is 2. The van der Waals surface area contributed by atoms with Gasteiger partial charge in [-0.1, -0.05) is 31.9 Å². The van der Waals surface area contributed by atoms with Crippen molar-refractivity contribution in [2.24, 2.45) is 11.8 Å². The average Bonchev–Trinajstić information content (AvgIpc) is 2.97. The fourth-order valence-electron chi connectivity index (χ4n) is 4.07. The maximum absolute atomic E-state index is 12.5. The molecule has 7 nitrogen and oxygen atoms in total. The third-order valence-corrected chi connectivity index (χ3v) is 5.93. The Bertz CT molecular complexity index is 783. The van der Waals surface area contributed by atoms with Gasteiger partial charge in [0, 0.05) is 19.0 Å². The van der Waals surface area contributed by atoms with Gasteiger partial charge in [-0.25, -0.2) is 0 Å². The quantitative estimate of drug-likeness (QED) is 0.689. The lowest BCUT2D eigenvalue weighted by Crippen LogP contribution is -2.34. The van der Waals surface area contributed by atoms with Gasteiger partial charge in [-0.15, -0.1) is 0 Å². The maximum atomic E-state index is 12.5. The number of nitrogens with zero attached hydrogens (tertiary/aromatic N) is 1. The van der Waals surface area contributed by atoms with Crippen molar-refractivity contribution < 1.29 is 19.2 Å². The van der Waals surface area contributed by atoms with Crippen LogP contribution in [0.25, 0.3) is 0 Å². The summed E-state index contributed by atoms with van der Waals surface area (Å²) >= 11 is 0. The van der Waals surface area contributed by atoms with Gasteiger partial charge in [0.05, 0.1) is 23.1 Å². The van der Waals surface area contributed by atoms with Gasteiger partial charge in [-0.2, -0.15) is 0 Å². The number of likely N-dealkylation sites (tertiary alicyclic amines) is 1. The van der Waals surface area contributed by atoms with Gasteiger partial charge in [0.1, 0.15) is 0 Å². The van der Waals surface area contributed by atoms with Crippen LogP contribution in [-0.2, 0) is 14.4 Å². The van der Waals surface area contributed by atoms with Crippen molar-refractivity contribution in [1.29, 1.82) is 0 Å². The van der Waals surface area contributed by atoms with Crippen molar-refractivity contribution in [2.45, 2.75) is 58.4 Å². The van der Waals surface area contributed by atoms with Crippen molar-refractivity contribution in [3.05, 3.63) is 29.8 Å². The summed E-state index contributed by atoms with van der Waals surface area (Å²) in [5, 5.41) is 5.64. The Morgan fingerprint density at radius 1 is 1.10 bits per heavy atom. The average molecular weight is 399 g/mol. The second-order valence-corrected chi connectivity index (χ2v) is 7.95. The van der Waals surface area contributed by atoms with E-state index in [9.17, 15) is 19.2 Å². The molecule has 3 rings (SSSR count). The number of imide groups is 1. The predicted octanol–water partition coefficient (Wildman–Crippen LogP) is 2.72. The van der Waals surface area contributed by atoms with Gasteiger partial charge in [-0.05, 0) is 38.3 Å². The van der Waals surface area contributed by atoms with E-state index in [1.807, 2.05) is 13.8 Å². The molecule has 1 aliphatic carbocycles. The SMILES string of the molecule is CC[C@H](C)NC(=O)c1ccccc1NC(=O)CCN1C(=O)[C@H]2CCCC[C@H]2C1=O. The zero-order valence-corrected chi connectivity index (χ0v) is 17.1. The smallest absolute Gasteiger partial charge is 0.253 e. The first-order chi connectivity index (χ1) is 13.9. The summed E-state index contributed by atoms with van der Waals surface area (Å²) in [6.07, 6.45) is 4.29. The van der Waals surface area contributed by atoms with Crippen LogP contribution in [0.15, 0.2) is 24.3 Å². The highest BCUT2D eigenvalue weighted by molar-refractivity contribution is 6.06. The van der Waals surface area contributed by atoms with Crippen LogP contribution in [0, 0.1) is 11.8 Å².